The summed E-state index contributed by atoms with van der Waals surface area (Å²) in [5.74, 6) is 2.40. The number of imidazole rings is 1. The molecule has 0 aliphatic heterocycles. The number of nitrogens with zero attached hydrogens (tertiary/aromatic N) is 2. The fourth-order valence-electron chi connectivity index (χ4n) is 1.30. The van der Waals surface area contributed by atoms with Crippen molar-refractivity contribution in [3.05, 3.63) is 18.2 Å². The molecule has 0 saturated heterocycles. The lowest BCUT2D eigenvalue weighted by Crippen LogP contribution is -2.20. The van der Waals surface area contributed by atoms with Gasteiger partial charge in [-0.05, 0) is 25.0 Å². The van der Waals surface area contributed by atoms with Crippen LogP contribution in [0.15, 0.2) is 12.4 Å². The van der Waals surface area contributed by atoms with E-state index in [1.807, 2.05) is 31.2 Å². The molecule has 0 unspecified atom stereocenters. The molecule has 80 valence electrons. The number of aryl methyl sites for hydroxylation is 1. The zero-order chi connectivity index (χ0) is 10.2. The summed E-state index contributed by atoms with van der Waals surface area (Å²) in [7, 11) is 2.04. The molecule has 1 heterocycles. The van der Waals surface area contributed by atoms with Crippen molar-refractivity contribution in [1.29, 1.82) is 0 Å². The van der Waals surface area contributed by atoms with Crippen LogP contribution in [-0.4, -0.2) is 34.6 Å². The third-order valence-corrected chi connectivity index (χ3v) is 2.85. The SMILES string of the molecule is CSCCCNCCc1nccn1C. The van der Waals surface area contributed by atoms with Crippen molar-refractivity contribution >= 4 is 11.8 Å². The molecule has 1 aromatic rings. The molecule has 1 rings (SSSR count). The van der Waals surface area contributed by atoms with Gasteiger partial charge in [0.1, 0.15) is 5.82 Å². The molecule has 0 spiro atoms. The topological polar surface area (TPSA) is 29.9 Å². The number of nitrogens with one attached hydrogen (secondary N) is 1. The second-order valence-electron chi connectivity index (χ2n) is 3.30. The molecule has 0 amide bonds. The molecule has 0 saturated carbocycles. The van der Waals surface area contributed by atoms with Crippen molar-refractivity contribution in [2.75, 3.05) is 25.1 Å². The summed E-state index contributed by atoms with van der Waals surface area (Å²) in [5.41, 5.74) is 0. The van der Waals surface area contributed by atoms with E-state index >= 15 is 0 Å². The molecular formula is C10H19N3S. The predicted molar refractivity (Wildman–Crippen MR) is 62.8 cm³/mol. The van der Waals surface area contributed by atoms with Gasteiger partial charge in [0, 0.05) is 32.4 Å². The van der Waals surface area contributed by atoms with Gasteiger partial charge in [0.05, 0.1) is 0 Å². The van der Waals surface area contributed by atoms with Crippen LogP contribution in [0.5, 0.6) is 0 Å². The Bertz CT molecular complexity index is 247. The number of aromatic nitrogens is 2. The Balaban J connectivity index is 2.02. The maximum absolute atomic E-state index is 4.27. The van der Waals surface area contributed by atoms with Gasteiger partial charge in [-0.1, -0.05) is 0 Å². The van der Waals surface area contributed by atoms with E-state index in [-0.39, 0.29) is 0 Å². The Kier molecular flexibility index (Phi) is 5.71. The molecule has 0 aliphatic rings. The molecule has 0 aliphatic carbocycles. The lowest BCUT2D eigenvalue weighted by Gasteiger charge is -2.04. The fraction of sp³-hybridized carbons (Fsp3) is 0.700. The van der Waals surface area contributed by atoms with Gasteiger partial charge in [0.25, 0.3) is 0 Å². The van der Waals surface area contributed by atoms with Crippen molar-refractivity contribution in [2.45, 2.75) is 12.8 Å². The largest absolute Gasteiger partial charge is 0.338 e. The van der Waals surface area contributed by atoms with Gasteiger partial charge >= 0.3 is 0 Å². The van der Waals surface area contributed by atoms with Crippen molar-refractivity contribution in [1.82, 2.24) is 14.9 Å². The molecule has 0 aromatic carbocycles. The molecule has 14 heavy (non-hydrogen) atoms. The van der Waals surface area contributed by atoms with Crippen LogP contribution in [0, 0.1) is 0 Å². The maximum Gasteiger partial charge on any atom is 0.109 e. The second kappa shape index (κ2) is 6.90. The minimum absolute atomic E-state index is 1.02. The number of rotatable bonds is 7. The Morgan fingerprint density at radius 2 is 2.36 bits per heavy atom. The first-order valence-corrected chi connectivity index (χ1v) is 6.40. The summed E-state index contributed by atoms with van der Waals surface area (Å²) in [4.78, 5) is 4.27. The van der Waals surface area contributed by atoms with Crippen LogP contribution in [0.4, 0.5) is 0 Å². The maximum atomic E-state index is 4.27. The zero-order valence-electron chi connectivity index (χ0n) is 8.99. The van der Waals surface area contributed by atoms with Crippen molar-refractivity contribution in [2.24, 2.45) is 7.05 Å². The van der Waals surface area contributed by atoms with E-state index in [1.165, 1.54) is 12.2 Å². The van der Waals surface area contributed by atoms with Crippen molar-refractivity contribution in [3.63, 3.8) is 0 Å². The summed E-state index contributed by atoms with van der Waals surface area (Å²) >= 11 is 1.90. The summed E-state index contributed by atoms with van der Waals surface area (Å²) in [6.45, 7) is 2.14. The third-order valence-electron chi connectivity index (χ3n) is 2.15. The lowest BCUT2D eigenvalue weighted by molar-refractivity contribution is 0.648. The minimum atomic E-state index is 1.02. The van der Waals surface area contributed by atoms with E-state index in [4.69, 9.17) is 0 Å². The molecule has 0 radical (unpaired) electrons. The van der Waals surface area contributed by atoms with E-state index in [2.05, 4.69) is 21.1 Å². The summed E-state index contributed by atoms with van der Waals surface area (Å²) in [6, 6.07) is 0. The zero-order valence-corrected chi connectivity index (χ0v) is 9.81. The quantitative estimate of drug-likeness (QED) is 0.693. The van der Waals surface area contributed by atoms with E-state index in [9.17, 15) is 0 Å². The van der Waals surface area contributed by atoms with Crippen LogP contribution >= 0.6 is 11.8 Å². The van der Waals surface area contributed by atoms with E-state index in [0.717, 1.165) is 25.3 Å². The van der Waals surface area contributed by atoms with Crippen LogP contribution < -0.4 is 5.32 Å². The Morgan fingerprint density at radius 3 is 3.00 bits per heavy atom. The van der Waals surface area contributed by atoms with Crippen molar-refractivity contribution < 1.29 is 0 Å². The van der Waals surface area contributed by atoms with Gasteiger partial charge in [0.2, 0.25) is 0 Å². The first-order chi connectivity index (χ1) is 6.84. The average Bonchev–Trinajstić information content (AvgIpc) is 2.58. The van der Waals surface area contributed by atoms with Crippen LogP contribution in [0.25, 0.3) is 0 Å². The lowest BCUT2D eigenvalue weighted by atomic mass is 10.4. The normalized spacial score (nSPS) is 10.7. The average molecular weight is 213 g/mol. The molecule has 3 nitrogen and oxygen atoms in total. The van der Waals surface area contributed by atoms with Crippen LogP contribution in [-0.2, 0) is 13.5 Å². The van der Waals surface area contributed by atoms with Gasteiger partial charge < -0.3 is 9.88 Å². The van der Waals surface area contributed by atoms with Crippen LogP contribution in [0.2, 0.25) is 0 Å². The molecule has 1 N–H and O–H groups in total. The molecule has 1 aromatic heterocycles. The highest BCUT2D eigenvalue weighted by Gasteiger charge is 1.97. The van der Waals surface area contributed by atoms with Gasteiger partial charge in [-0.25, -0.2) is 4.98 Å². The number of thioether (sulfide) groups is 1. The number of hydrogen-bond acceptors (Lipinski definition) is 3. The highest BCUT2D eigenvalue weighted by Crippen LogP contribution is 1.95. The Hall–Kier alpha value is -0.480. The molecule has 4 heteroatoms. The minimum Gasteiger partial charge on any atom is -0.338 e. The number of hydrogen-bond donors (Lipinski definition) is 1. The standard InChI is InChI=1S/C10H19N3S/c1-13-8-7-12-10(13)4-6-11-5-3-9-14-2/h7-8,11H,3-6,9H2,1-2H3. The van der Waals surface area contributed by atoms with Gasteiger partial charge in [-0.3, -0.25) is 0 Å². The van der Waals surface area contributed by atoms with E-state index in [1.54, 1.807) is 0 Å². The smallest absolute Gasteiger partial charge is 0.109 e. The molecule has 0 bridgehead atoms. The first kappa shape index (κ1) is 11.6. The van der Waals surface area contributed by atoms with E-state index < -0.39 is 0 Å². The molecule has 0 fully saturated rings. The molecular weight excluding hydrogens is 194 g/mol. The molecule has 0 atom stereocenters. The highest BCUT2D eigenvalue weighted by molar-refractivity contribution is 7.98. The van der Waals surface area contributed by atoms with Crippen molar-refractivity contribution in [3.8, 4) is 0 Å². The van der Waals surface area contributed by atoms with Crippen LogP contribution in [0.1, 0.15) is 12.2 Å². The Morgan fingerprint density at radius 1 is 1.50 bits per heavy atom. The summed E-state index contributed by atoms with van der Waals surface area (Å²) in [6.07, 6.45) is 8.25. The van der Waals surface area contributed by atoms with Crippen LogP contribution in [0.3, 0.4) is 0 Å². The van der Waals surface area contributed by atoms with Gasteiger partial charge in [-0.2, -0.15) is 11.8 Å². The first-order valence-electron chi connectivity index (χ1n) is 5.00. The monoisotopic (exact) mass is 213 g/mol. The van der Waals surface area contributed by atoms with Gasteiger partial charge in [-0.15, -0.1) is 0 Å². The Labute approximate surface area is 90.3 Å². The third kappa shape index (κ3) is 4.15. The second-order valence-corrected chi connectivity index (χ2v) is 4.29. The van der Waals surface area contributed by atoms with E-state index in [0.29, 0.717) is 0 Å². The highest BCUT2D eigenvalue weighted by atomic mass is 32.2. The van der Waals surface area contributed by atoms with Gasteiger partial charge in [0.15, 0.2) is 0 Å². The fourth-order valence-corrected chi connectivity index (χ4v) is 1.74. The summed E-state index contributed by atoms with van der Waals surface area (Å²) in [5, 5.41) is 3.42. The summed E-state index contributed by atoms with van der Waals surface area (Å²) < 4.78 is 2.07. The predicted octanol–water partition coefficient (Wildman–Crippen LogP) is 1.31.